The Morgan fingerprint density at radius 2 is 2.19 bits per heavy atom. The molecule has 1 atom stereocenters. The van der Waals surface area contributed by atoms with Crippen LogP contribution in [0.2, 0.25) is 0 Å². The summed E-state index contributed by atoms with van der Waals surface area (Å²) in [7, 11) is 0. The number of pyridine rings is 1. The van der Waals surface area contributed by atoms with Crippen molar-refractivity contribution in [3.8, 4) is 5.75 Å². The molecule has 1 heterocycles. The van der Waals surface area contributed by atoms with Crippen molar-refractivity contribution in [3.63, 3.8) is 0 Å². The Bertz CT molecular complexity index is 465. The Hall–Kier alpha value is -1.61. The minimum Gasteiger partial charge on any atom is -0.493 e. The third-order valence-corrected chi connectivity index (χ3v) is 2.44. The summed E-state index contributed by atoms with van der Waals surface area (Å²) in [5, 5.41) is 9.94. The molecule has 1 N–H and O–H groups in total. The first-order valence-electron chi connectivity index (χ1n) is 5.38. The van der Waals surface area contributed by atoms with E-state index in [0.29, 0.717) is 6.61 Å². The van der Waals surface area contributed by atoms with Gasteiger partial charge >= 0.3 is 0 Å². The van der Waals surface area contributed by atoms with E-state index < -0.39 is 0 Å². The highest BCUT2D eigenvalue weighted by Crippen LogP contribution is 2.23. The van der Waals surface area contributed by atoms with Crippen LogP contribution in [-0.2, 0) is 0 Å². The molecule has 1 unspecified atom stereocenters. The maximum absolute atomic E-state index is 8.93. The number of fused-ring (bicyclic) bond motifs is 1. The Kier molecular flexibility index (Phi) is 3.37. The van der Waals surface area contributed by atoms with Crippen LogP contribution in [-0.4, -0.2) is 23.3 Å². The summed E-state index contributed by atoms with van der Waals surface area (Å²) in [6.07, 6.45) is 1.77. The number of nitrogens with zero attached hydrogens (tertiary/aromatic N) is 1. The molecule has 0 aliphatic rings. The van der Waals surface area contributed by atoms with Gasteiger partial charge in [0.2, 0.25) is 0 Å². The standard InChI is InChI=1S/C13H15NO2/c1-10(8-15)9-16-13-6-2-5-12-11(13)4-3-7-14-12/h2-7,10,15H,8-9H2,1H3. The van der Waals surface area contributed by atoms with E-state index in [1.807, 2.05) is 37.3 Å². The van der Waals surface area contributed by atoms with Crippen LogP contribution >= 0.6 is 0 Å². The predicted octanol–water partition coefficient (Wildman–Crippen LogP) is 2.24. The average molecular weight is 217 g/mol. The number of rotatable bonds is 4. The Morgan fingerprint density at radius 1 is 1.31 bits per heavy atom. The van der Waals surface area contributed by atoms with Gasteiger partial charge in [0, 0.05) is 24.1 Å². The first-order chi connectivity index (χ1) is 7.81. The molecule has 3 nitrogen and oxygen atoms in total. The zero-order valence-corrected chi connectivity index (χ0v) is 9.26. The van der Waals surface area contributed by atoms with E-state index in [2.05, 4.69) is 4.98 Å². The van der Waals surface area contributed by atoms with Crippen molar-refractivity contribution in [1.29, 1.82) is 0 Å². The normalized spacial score (nSPS) is 12.6. The molecule has 3 heteroatoms. The lowest BCUT2D eigenvalue weighted by molar-refractivity contribution is 0.175. The van der Waals surface area contributed by atoms with Crippen LogP contribution in [0.4, 0.5) is 0 Å². The molecular weight excluding hydrogens is 202 g/mol. The maximum atomic E-state index is 8.93. The van der Waals surface area contributed by atoms with Crippen molar-refractivity contribution in [2.75, 3.05) is 13.2 Å². The van der Waals surface area contributed by atoms with Gasteiger partial charge in [-0.2, -0.15) is 0 Å². The molecule has 0 bridgehead atoms. The molecule has 1 aromatic heterocycles. The van der Waals surface area contributed by atoms with Crippen molar-refractivity contribution < 1.29 is 9.84 Å². The molecular formula is C13H15NO2. The summed E-state index contributed by atoms with van der Waals surface area (Å²) in [5.41, 5.74) is 0.927. The molecule has 0 saturated carbocycles. The number of ether oxygens (including phenoxy) is 1. The van der Waals surface area contributed by atoms with Gasteiger partial charge in [0.1, 0.15) is 5.75 Å². The van der Waals surface area contributed by atoms with E-state index in [0.717, 1.165) is 16.7 Å². The lowest BCUT2D eigenvalue weighted by Crippen LogP contribution is -2.12. The van der Waals surface area contributed by atoms with Crippen molar-refractivity contribution in [3.05, 3.63) is 36.5 Å². The quantitative estimate of drug-likeness (QED) is 0.854. The molecule has 0 aliphatic carbocycles. The van der Waals surface area contributed by atoms with E-state index in [4.69, 9.17) is 9.84 Å². The van der Waals surface area contributed by atoms with Gasteiger partial charge in [-0.25, -0.2) is 0 Å². The molecule has 0 spiro atoms. The van der Waals surface area contributed by atoms with Gasteiger partial charge in [-0.15, -0.1) is 0 Å². The summed E-state index contributed by atoms with van der Waals surface area (Å²) in [4.78, 5) is 4.26. The average Bonchev–Trinajstić information content (AvgIpc) is 2.35. The highest BCUT2D eigenvalue weighted by atomic mass is 16.5. The summed E-state index contributed by atoms with van der Waals surface area (Å²) in [6, 6.07) is 9.69. The van der Waals surface area contributed by atoms with Gasteiger partial charge in [-0.05, 0) is 24.3 Å². The van der Waals surface area contributed by atoms with Crippen molar-refractivity contribution in [2.45, 2.75) is 6.92 Å². The van der Waals surface area contributed by atoms with Gasteiger partial charge in [0.15, 0.2) is 0 Å². The maximum Gasteiger partial charge on any atom is 0.128 e. The van der Waals surface area contributed by atoms with Crippen LogP contribution in [0.25, 0.3) is 10.9 Å². The fourth-order valence-corrected chi connectivity index (χ4v) is 1.49. The zero-order valence-electron chi connectivity index (χ0n) is 9.26. The van der Waals surface area contributed by atoms with E-state index >= 15 is 0 Å². The molecule has 0 radical (unpaired) electrons. The summed E-state index contributed by atoms with van der Waals surface area (Å²) < 4.78 is 5.67. The molecule has 0 aliphatic heterocycles. The van der Waals surface area contributed by atoms with Crippen molar-refractivity contribution >= 4 is 10.9 Å². The van der Waals surface area contributed by atoms with E-state index in [1.165, 1.54) is 0 Å². The van der Waals surface area contributed by atoms with Crippen LogP contribution in [0.5, 0.6) is 5.75 Å². The Labute approximate surface area is 94.7 Å². The first-order valence-corrected chi connectivity index (χ1v) is 5.38. The summed E-state index contributed by atoms with van der Waals surface area (Å²) >= 11 is 0. The predicted molar refractivity (Wildman–Crippen MR) is 63.5 cm³/mol. The van der Waals surface area contributed by atoms with Crippen molar-refractivity contribution in [2.24, 2.45) is 5.92 Å². The van der Waals surface area contributed by atoms with Gasteiger partial charge in [-0.1, -0.05) is 13.0 Å². The van der Waals surface area contributed by atoms with E-state index in [-0.39, 0.29) is 12.5 Å². The first kappa shape index (κ1) is 10.9. The monoisotopic (exact) mass is 217 g/mol. The number of aliphatic hydroxyl groups excluding tert-OH is 1. The third-order valence-electron chi connectivity index (χ3n) is 2.44. The third kappa shape index (κ3) is 2.31. The van der Waals surface area contributed by atoms with Crippen LogP contribution < -0.4 is 4.74 Å². The summed E-state index contributed by atoms with van der Waals surface area (Å²) in [5.74, 6) is 0.970. The fourth-order valence-electron chi connectivity index (χ4n) is 1.49. The summed E-state index contributed by atoms with van der Waals surface area (Å²) in [6.45, 7) is 2.61. The number of aromatic nitrogens is 1. The molecule has 0 fully saturated rings. The molecule has 84 valence electrons. The van der Waals surface area contributed by atoms with Crippen molar-refractivity contribution in [1.82, 2.24) is 4.98 Å². The molecule has 0 amide bonds. The second kappa shape index (κ2) is 4.94. The Balaban J connectivity index is 2.23. The minimum absolute atomic E-state index is 0.142. The van der Waals surface area contributed by atoms with Gasteiger partial charge in [0.25, 0.3) is 0 Å². The topological polar surface area (TPSA) is 42.4 Å². The Morgan fingerprint density at radius 3 is 3.00 bits per heavy atom. The van der Waals surface area contributed by atoms with Gasteiger partial charge in [0.05, 0.1) is 12.1 Å². The molecule has 16 heavy (non-hydrogen) atoms. The highest BCUT2D eigenvalue weighted by molar-refractivity contribution is 5.84. The van der Waals surface area contributed by atoms with E-state index in [9.17, 15) is 0 Å². The molecule has 1 aromatic carbocycles. The van der Waals surface area contributed by atoms with Crippen LogP contribution in [0.1, 0.15) is 6.92 Å². The molecule has 2 rings (SSSR count). The molecule has 0 saturated heterocycles. The number of aliphatic hydroxyl groups is 1. The van der Waals surface area contributed by atoms with Crippen LogP contribution in [0.15, 0.2) is 36.5 Å². The SMILES string of the molecule is CC(CO)COc1cccc2ncccc12. The largest absolute Gasteiger partial charge is 0.493 e. The van der Waals surface area contributed by atoms with Crippen LogP contribution in [0.3, 0.4) is 0 Å². The number of hydrogen-bond acceptors (Lipinski definition) is 3. The highest BCUT2D eigenvalue weighted by Gasteiger charge is 2.04. The number of benzene rings is 1. The van der Waals surface area contributed by atoms with Gasteiger partial charge in [-0.3, -0.25) is 4.98 Å². The number of hydrogen-bond donors (Lipinski definition) is 1. The second-order valence-corrected chi connectivity index (χ2v) is 3.92. The lowest BCUT2D eigenvalue weighted by Gasteiger charge is -2.12. The van der Waals surface area contributed by atoms with Crippen LogP contribution in [0, 0.1) is 5.92 Å². The van der Waals surface area contributed by atoms with Gasteiger partial charge < -0.3 is 9.84 Å². The zero-order chi connectivity index (χ0) is 11.4. The smallest absolute Gasteiger partial charge is 0.128 e. The van der Waals surface area contributed by atoms with E-state index in [1.54, 1.807) is 6.20 Å². The second-order valence-electron chi connectivity index (χ2n) is 3.92. The fraction of sp³-hybridized carbons (Fsp3) is 0.308. The minimum atomic E-state index is 0.142. The lowest BCUT2D eigenvalue weighted by atomic mass is 10.2. The molecule has 2 aromatic rings.